The minimum atomic E-state index is -0.341. The van der Waals surface area contributed by atoms with Gasteiger partial charge in [-0.2, -0.15) is 0 Å². The summed E-state index contributed by atoms with van der Waals surface area (Å²) in [5.74, 6) is 0.633. The number of furan rings is 1. The third-order valence-electron chi connectivity index (χ3n) is 4.22. The predicted octanol–water partition coefficient (Wildman–Crippen LogP) is 5.46. The predicted molar refractivity (Wildman–Crippen MR) is 103 cm³/mol. The average Bonchev–Trinajstić information content (AvgIpc) is 3.04. The number of ether oxygens (including phenoxy) is 1. The molecule has 0 atom stereocenters. The summed E-state index contributed by atoms with van der Waals surface area (Å²) in [7, 11) is 1.59. The zero-order chi connectivity index (χ0) is 18.8. The van der Waals surface area contributed by atoms with Crippen LogP contribution < -0.4 is 4.74 Å². The largest absolute Gasteiger partial charge is 0.504 e. The molecule has 0 radical (unpaired) electrons. The highest BCUT2D eigenvalue weighted by Crippen LogP contribution is 2.34. The molecule has 0 aliphatic heterocycles. The second-order valence-corrected chi connectivity index (χ2v) is 5.94. The average molecular weight is 361 g/mol. The van der Waals surface area contributed by atoms with E-state index in [2.05, 4.69) is 4.99 Å². The third-order valence-corrected chi connectivity index (χ3v) is 4.22. The minimum absolute atomic E-state index is 0.0160. The standard InChI is InChI=1S/C22H16FNO3/c1-26-17-12-6-14(7-13-17)20(24-16-10-8-15(23)9-11-16)22-21(25)18-4-2-3-5-19(18)27-22/h2-13,25H,1H3. The smallest absolute Gasteiger partial charge is 0.196 e. The summed E-state index contributed by atoms with van der Waals surface area (Å²) in [4.78, 5) is 4.61. The van der Waals surface area contributed by atoms with Crippen molar-refractivity contribution in [3.8, 4) is 11.5 Å². The molecule has 0 aliphatic rings. The number of nitrogens with zero attached hydrogens (tertiary/aromatic N) is 1. The molecule has 0 unspecified atom stereocenters. The maximum absolute atomic E-state index is 13.2. The van der Waals surface area contributed by atoms with E-state index in [4.69, 9.17) is 9.15 Å². The molecular formula is C22H16FNO3. The van der Waals surface area contributed by atoms with Crippen LogP contribution in [-0.4, -0.2) is 17.9 Å². The number of fused-ring (bicyclic) bond motifs is 1. The van der Waals surface area contributed by atoms with Crippen LogP contribution in [0.4, 0.5) is 10.1 Å². The van der Waals surface area contributed by atoms with Crippen LogP contribution in [0.5, 0.6) is 11.5 Å². The van der Waals surface area contributed by atoms with Crippen LogP contribution in [0.25, 0.3) is 11.0 Å². The fraction of sp³-hybridized carbons (Fsp3) is 0.0455. The summed E-state index contributed by atoms with van der Waals surface area (Å²) in [5, 5.41) is 11.3. The van der Waals surface area contributed by atoms with Crippen LogP contribution in [-0.2, 0) is 0 Å². The van der Waals surface area contributed by atoms with Crippen LogP contribution in [0.1, 0.15) is 11.3 Å². The number of benzene rings is 3. The third kappa shape index (κ3) is 3.27. The Morgan fingerprint density at radius 3 is 2.33 bits per heavy atom. The number of halogens is 1. The van der Waals surface area contributed by atoms with E-state index in [0.29, 0.717) is 28.1 Å². The Bertz CT molecular complexity index is 1110. The van der Waals surface area contributed by atoms with E-state index in [0.717, 1.165) is 5.56 Å². The Hall–Kier alpha value is -3.60. The van der Waals surface area contributed by atoms with Gasteiger partial charge in [0.2, 0.25) is 0 Å². The van der Waals surface area contributed by atoms with Crippen LogP contribution in [0.3, 0.4) is 0 Å². The Morgan fingerprint density at radius 2 is 1.67 bits per heavy atom. The fourth-order valence-corrected chi connectivity index (χ4v) is 2.83. The lowest BCUT2D eigenvalue weighted by Gasteiger charge is -2.07. The lowest BCUT2D eigenvalue weighted by molar-refractivity contribution is 0.415. The number of hydrogen-bond donors (Lipinski definition) is 1. The van der Waals surface area contributed by atoms with Gasteiger partial charge < -0.3 is 14.3 Å². The molecule has 1 aromatic heterocycles. The zero-order valence-corrected chi connectivity index (χ0v) is 14.5. The van der Waals surface area contributed by atoms with E-state index >= 15 is 0 Å². The van der Waals surface area contributed by atoms with Crippen molar-refractivity contribution in [1.29, 1.82) is 0 Å². The highest BCUT2D eigenvalue weighted by Gasteiger charge is 2.20. The highest BCUT2D eigenvalue weighted by atomic mass is 19.1. The minimum Gasteiger partial charge on any atom is -0.504 e. The molecule has 1 N–H and O–H groups in total. The molecule has 0 saturated carbocycles. The second-order valence-electron chi connectivity index (χ2n) is 5.94. The maximum Gasteiger partial charge on any atom is 0.196 e. The lowest BCUT2D eigenvalue weighted by Crippen LogP contribution is -2.02. The van der Waals surface area contributed by atoms with Gasteiger partial charge in [-0.1, -0.05) is 12.1 Å². The first kappa shape index (κ1) is 16.8. The molecular weight excluding hydrogens is 345 g/mol. The van der Waals surface area contributed by atoms with Crippen molar-refractivity contribution in [3.63, 3.8) is 0 Å². The van der Waals surface area contributed by atoms with Crippen molar-refractivity contribution < 1.29 is 18.7 Å². The van der Waals surface area contributed by atoms with E-state index in [-0.39, 0.29) is 17.3 Å². The van der Waals surface area contributed by atoms with Gasteiger partial charge >= 0.3 is 0 Å². The Morgan fingerprint density at radius 1 is 0.963 bits per heavy atom. The second kappa shape index (κ2) is 6.96. The normalized spacial score (nSPS) is 11.7. The molecule has 134 valence electrons. The van der Waals surface area contributed by atoms with Gasteiger partial charge in [0.05, 0.1) is 18.2 Å². The fourth-order valence-electron chi connectivity index (χ4n) is 2.83. The number of para-hydroxylation sites is 1. The molecule has 0 saturated heterocycles. The lowest BCUT2D eigenvalue weighted by atomic mass is 10.1. The molecule has 4 rings (SSSR count). The van der Waals surface area contributed by atoms with Gasteiger partial charge in [0.25, 0.3) is 0 Å². The van der Waals surface area contributed by atoms with Crippen LogP contribution in [0, 0.1) is 5.82 Å². The molecule has 4 nitrogen and oxygen atoms in total. The van der Waals surface area contributed by atoms with Gasteiger partial charge in [-0.15, -0.1) is 0 Å². The summed E-state index contributed by atoms with van der Waals surface area (Å²) in [6.07, 6.45) is 0. The summed E-state index contributed by atoms with van der Waals surface area (Å²) in [6.45, 7) is 0. The van der Waals surface area contributed by atoms with E-state index in [1.54, 1.807) is 43.5 Å². The highest BCUT2D eigenvalue weighted by molar-refractivity contribution is 6.16. The molecule has 0 aliphatic carbocycles. The molecule has 0 spiro atoms. The van der Waals surface area contributed by atoms with E-state index < -0.39 is 0 Å². The van der Waals surface area contributed by atoms with Gasteiger partial charge in [-0.05, 0) is 60.7 Å². The van der Waals surface area contributed by atoms with Crippen molar-refractivity contribution in [1.82, 2.24) is 0 Å². The first-order valence-electron chi connectivity index (χ1n) is 8.35. The topological polar surface area (TPSA) is 55.0 Å². The quantitative estimate of drug-likeness (QED) is 0.491. The van der Waals surface area contributed by atoms with Crippen LogP contribution >= 0.6 is 0 Å². The van der Waals surface area contributed by atoms with Gasteiger partial charge in [0.15, 0.2) is 11.5 Å². The van der Waals surface area contributed by atoms with E-state index in [1.807, 2.05) is 24.3 Å². The van der Waals surface area contributed by atoms with Crippen molar-refractivity contribution in [2.24, 2.45) is 4.99 Å². The van der Waals surface area contributed by atoms with Crippen LogP contribution in [0.2, 0.25) is 0 Å². The first-order valence-corrected chi connectivity index (χ1v) is 8.35. The summed E-state index contributed by atoms with van der Waals surface area (Å²) < 4.78 is 24.3. The Balaban J connectivity index is 1.91. The number of hydrogen-bond acceptors (Lipinski definition) is 4. The molecule has 0 amide bonds. The monoisotopic (exact) mass is 361 g/mol. The van der Waals surface area contributed by atoms with Gasteiger partial charge in [0, 0.05) is 5.56 Å². The molecule has 3 aromatic carbocycles. The van der Waals surface area contributed by atoms with Crippen molar-refractivity contribution in [2.75, 3.05) is 7.11 Å². The molecule has 1 heterocycles. The number of rotatable bonds is 4. The molecule has 0 bridgehead atoms. The van der Waals surface area contributed by atoms with E-state index in [1.165, 1.54) is 12.1 Å². The summed E-state index contributed by atoms with van der Waals surface area (Å²) in [6, 6.07) is 20.3. The van der Waals surface area contributed by atoms with Gasteiger partial charge in [0.1, 0.15) is 22.9 Å². The maximum atomic E-state index is 13.2. The molecule has 5 heteroatoms. The number of methoxy groups -OCH3 is 1. The Labute approximate surface area is 155 Å². The summed E-state index contributed by atoms with van der Waals surface area (Å²) in [5.41, 5.74) is 2.28. The van der Waals surface area contributed by atoms with E-state index in [9.17, 15) is 9.50 Å². The Kier molecular flexibility index (Phi) is 4.34. The van der Waals surface area contributed by atoms with Gasteiger partial charge in [-0.25, -0.2) is 9.38 Å². The van der Waals surface area contributed by atoms with Gasteiger partial charge in [-0.3, -0.25) is 0 Å². The van der Waals surface area contributed by atoms with Crippen molar-refractivity contribution >= 4 is 22.4 Å². The zero-order valence-electron chi connectivity index (χ0n) is 14.5. The molecule has 4 aromatic rings. The SMILES string of the molecule is COc1ccc(C(=Nc2ccc(F)cc2)c2oc3ccccc3c2O)cc1. The molecule has 27 heavy (non-hydrogen) atoms. The van der Waals surface area contributed by atoms with Crippen molar-refractivity contribution in [3.05, 3.63) is 89.9 Å². The summed E-state index contributed by atoms with van der Waals surface area (Å²) >= 11 is 0. The molecule has 0 fully saturated rings. The number of aromatic hydroxyl groups is 1. The first-order chi connectivity index (χ1) is 13.2. The van der Waals surface area contributed by atoms with Crippen molar-refractivity contribution in [2.45, 2.75) is 0 Å². The van der Waals surface area contributed by atoms with Crippen LogP contribution in [0.15, 0.2) is 82.2 Å². The number of aliphatic imine (C=N–C) groups is 1.